The second-order valence-corrected chi connectivity index (χ2v) is 7.05. The summed E-state index contributed by atoms with van der Waals surface area (Å²) in [6.07, 6.45) is 3.52. The standard InChI is InChI=1S/C19H30N4O3/c1-4-8-23(9-5-2)18(24)16-14-17(21-15(3)20-16)22-10-6-19(7-11-22)25-12-13-26-19/h14H,4-13H2,1-3H3. The molecule has 0 N–H and O–H groups in total. The minimum absolute atomic E-state index is 0.00334. The van der Waals surface area contributed by atoms with E-state index in [1.54, 1.807) is 0 Å². The van der Waals surface area contributed by atoms with Gasteiger partial charge in [0.1, 0.15) is 17.3 Å². The summed E-state index contributed by atoms with van der Waals surface area (Å²) in [5.74, 6) is 1.04. The van der Waals surface area contributed by atoms with Gasteiger partial charge in [-0.25, -0.2) is 9.97 Å². The molecule has 0 aromatic carbocycles. The molecule has 0 saturated carbocycles. The van der Waals surface area contributed by atoms with Crippen molar-refractivity contribution in [3.8, 4) is 0 Å². The number of piperidine rings is 1. The molecule has 0 unspecified atom stereocenters. The van der Waals surface area contributed by atoms with Gasteiger partial charge in [-0.1, -0.05) is 13.8 Å². The van der Waals surface area contributed by atoms with Gasteiger partial charge in [0.15, 0.2) is 5.79 Å². The van der Waals surface area contributed by atoms with Gasteiger partial charge in [-0.05, 0) is 19.8 Å². The highest BCUT2D eigenvalue weighted by molar-refractivity contribution is 5.93. The molecule has 144 valence electrons. The summed E-state index contributed by atoms with van der Waals surface area (Å²) >= 11 is 0. The highest BCUT2D eigenvalue weighted by atomic mass is 16.7. The van der Waals surface area contributed by atoms with E-state index in [-0.39, 0.29) is 5.91 Å². The van der Waals surface area contributed by atoms with E-state index in [4.69, 9.17) is 9.47 Å². The molecule has 0 radical (unpaired) electrons. The molecular weight excluding hydrogens is 332 g/mol. The first-order valence-electron chi connectivity index (χ1n) is 9.74. The van der Waals surface area contributed by atoms with Crippen LogP contribution in [0.3, 0.4) is 0 Å². The predicted molar refractivity (Wildman–Crippen MR) is 99.3 cm³/mol. The molecule has 7 nitrogen and oxygen atoms in total. The summed E-state index contributed by atoms with van der Waals surface area (Å²) in [4.78, 5) is 26.0. The maximum absolute atomic E-state index is 12.9. The summed E-state index contributed by atoms with van der Waals surface area (Å²) in [5, 5.41) is 0. The molecule has 0 aliphatic carbocycles. The van der Waals surface area contributed by atoms with Crippen molar-refractivity contribution in [2.45, 2.75) is 52.2 Å². The first kappa shape index (κ1) is 19.0. The van der Waals surface area contributed by atoms with Crippen LogP contribution < -0.4 is 4.90 Å². The van der Waals surface area contributed by atoms with Crippen LogP contribution in [0.4, 0.5) is 5.82 Å². The Morgan fingerprint density at radius 2 is 1.77 bits per heavy atom. The minimum atomic E-state index is -0.406. The van der Waals surface area contributed by atoms with Gasteiger partial charge in [-0.2, -0.15) is 0 Å². The molecular formula is C19H30N4O3. The summed E-state index contributed by atoms with van der Waals surface area (Å²) in [7, 11) is 0. The van der Waals surface area contributed by atoms with E-state index in [1.165, 1.54) is 0 Å². The highest BCUT2D eigenvalue weighted by Crippen LogP contribution is 2.32. The van der Waals surface area contributed by atoms with E-state index in [2.05, 4.69) is 28.7 Å². The highest BCUT2D eigenvalue weighted by Gasteiger charge is 2.40. The van der Waals surface area contributed by atoms with Gasteiger partial charge in [-0.15, -0.1) is 0 Å². The van der Waals surface area contributed by atoms with Crippen molar-refractivity contribution in [3.63, 3.8) is 0 Å². The van der Waals surface area contributed by atoms with Crippen LogP contribution in [0.5, 0.6) is 0 Å². The molecule has 1 spiro atoms. The fourth-order valence-electron chi connectivity index (χ4n) is 3.70. The summed E-state index contributed by atoms with van der Waals surface area (Å²) in [6, 6.07) is 1.84. The zero-order chi connectivity index (χ0) is 18.6. The minimum Gasteiger partial charge on any atom is -0.356 e. The number of carbonyl (C=O) groups excluding carboxylic acids is 1. The Kier molecular flexibility index (Phi) is 6.09. The van der Waals surface area contributed by atoms with E-state index in [9.17, 15) is 4.79 Å². The van der Waals surface area contributed by atoms with Crippen LogP contribution in [-0.4, -0.2) is 66.0 Å². The van der Waals surface area contributed by atoms with Crippen molar-refractivity contribution in [2.24, 2.45) is 0 Å². The molecule has 7 heteroatoms. The lowest BCUT2D eigenvalue weighted by Crippen LogP contribution is -2.45. The molecule has 0 bridgehead atoms. The second kappa shape index (κ2) is 8.31. The van der Waals surface area contributed by atoms with E-state index in [0.29, 0.717) is 24.7 Å². The number of aromatic nitrogens is 2. The molecule has 3 rings (SSSR count). The third-order valence-electron chi connectivity index (χ3n) is 4.98. The van der Waals surface area contributed by atoms with Crippen molar-refractivity contribution in [2.75, 3.05) is 44.3 Å². The molecule has 1 amide bonds. The summed E-state index contributed by atoms with van der Waals surface area (Å²) in [5.41, 5.74) is 0.489. The summed E-state index contributed by atoms with van der Waals surface area (Å²) in [6.45, 7) is 10.5. The smallest absolute Gasteiger partial charge is 0.272 e. The van der Waals surface area contributed by atoms with E-state index >= 15 is 0 Å². The topological polar surface area (TPSA) is 67.8 Å². The SMILES string of the molecule is CCCN(CCC)C(=O)c1cc(N2CCC3(CC2)OCCO3)nc(C)n1. The fourth-order valence-corrected chi connectivity index (χ4v) is 3.70. The van der Waals surface area contributed by atoms with Crippen LogP contribution in [0.15, 0.2) is 6.07 Å². The molecule has 2 aliphatic heterocycles. The molecule has 2 aliphatic rings. The van der Waals surface area contributed by atoms with E-state index in [1.807, 2.05) is 17.9 Å². The molecule has 2 saturated heterocycles. The van der Waals surface area contributed by atoms with E-state index < -0.39 is 5.79 Å². The Labute approximate surface area is 155 Å². The Hall–Kier alpha value is -1.73. The normalized spacial score (nSPS) is 19.1. The molecule has 2 fully saturated rings. The molecule has 1 aromatic rings. The van der Waals surface area contributed by atoms with Gasteiger partial charge < -0.3 is 19.3 Å². The lowest BCUT2D eigenvalue weighted by Gasteiger charge is -2.38. The fraction of sp³-hybridized carbons (Fsp3) is 0.737. The monoisotopic (exact) mass is 362 g/mol. The van der Waals surface area contributed by atoms with Crippen LogP contribution in [-0.2, 0) is 9.47 Å². The Bertz CT molecular complexity index is 615. The number of nitrogens with zero attached hydrogens (tertiary/aromatic N) is 4. The lowest BCUT2D eigenvalue weighted by atomic mass is 10.0. The van der Waals surface area contributed by atoms with Crippen molar-refractivity contribution in [3.05, 3.63) is 17.6 Å². The number of hydrogen-bond donors (Lipinski definition) is 0. The third-order valence-corrected chi connectivity index (χ3v) is 4.98. The number of aryl methyl sites for hydroxylation is 1. The average Bonchev–Trinajstić information content (AvgIpc) is 3.09. The van der Waals surface area contributed by atoms with Gasteiger partial charge in [0, 0.05) is 45.1 Å². The number of amides is 1. The summed E-state index contributed by atoms with van der Waals surface area (Å²) < 4.78 is 11.6. The maximum Gasteiger partial charge on any atom is 0.272 e. The van der Waals surface area contributed by atoms with Crippen molar-refractivity contribution in [1.29, 1.82) is 0 Å². The second-order valence-electron chi connectivity index (χ2n) is 7.05. The Morgan fingerprint density at radius 1 is 1.15 bits per heavy atom. The van der Waals surface area contributed by atoms with Gasteiger partial charge in [0.2, 0.25) is 0 Å². The third kappa shape index (κ3) is 4.15. The Morgan fingerprint density at radius 3 is 2.35 bits per heavy atom. The molecule has 26 heavy (non-hydrogen) atoms. The number of ether oxygens (including phenoxy) is 2. The lowest BCUT2D eigenvalue weighted by molar-refractivity contribution is -0.169. The number of hydrogen-bond acceptors (Lipinski definition) is 6. The number of anilines is 1. The van der Waals surface area contributed by atoms with Crippen LogP contribution in [0.1, 0.15) is 55.8 Å². The van der Waals surface area contributed by atoms with Gasteiger partial charge in [0.25, 0.3) is 5.91 Å². The van der Waals surface area contributed by atoms with Crippen molar-refractivity contribution in [1.82, 2.24) is 14.9 Å². The quantitative estimate of drug-likeness (QED) is 0.774. The van der Waals surface area contributed by atoms with Gasteiger partial charge in [0.05, 0.1) is 13.2 Å². The Balaban J connectivity index is 1.74. The van der Waals surface area contributed by atoms with Crippen LogP contribution >= 0.6 is 0 Å². The predicted octanol–water partition coefficient (Wildman–Crippen LogP) is 2.39. The van der Waals surface area contributed by atoms with E-state index in [0.717, 1.165) is 57.7 Å². The first-order valence-corrected chi connectivity index (χ1v) is 9.74. The van der Waals surface area contributed by atoms with Gasteiger partial charge >= 0.3 is 0 Å². The van der Waals surface area contributed by atoms with Crippen molar-refractivity contribution < 1.29 is 14.3 Å². The average molecular weight is 362 g/mol. The number of carbonyl (C=O) groups is 1. The molecule has 0 atom stereocenters. The molecule has 3 heterocycles. The maximum atomic E-state index is 12.9. The largest absolute Gasteiger partial charge is 0.356 e. The van der Waals surface area contributed by atoms with Gasteiger partial charge in [-0.3, -0.25) is 4.79 Å². The van der Waals surface area contributed by atoms with Crippen LogP contribution in [0.25, 0.3) is 0 Å². The first-order chi connectivity index (χ1) is 12.6. The number of rotatable bonds is 6. The zero-order valence-electron chi connectivity index (χ0n) is 16.2. The zero-order valence-corrected chi connectivity index (χ0v) is 16.2. The van der Waals surface area contributed by atoms with Crippen LogP contribution in [0.2, 0.25) is 0 Å². The van der Waals surface area contributed by atoms with Crippen molar-refractivity contribution >= 4 is 11.7 Å². The van der Waals surface area contributed by atoms with Crippen LogP contribution in [0, 0.1) is 6.92 Å². The molecule has 1 aromatic heterocycles.